The molecule has 2 N–H and O–H groups in total. The van der Waals surface area contributed by atoms with Gasteiger partial charge in [0, 0.05) is 20.0 Å². The molecule has 16 heteroatoms. The van der Waals surface area contributed by atoms with E-state index in [0.29, 0.717) is 16.7 Å². The van der Waals surface area contributed by atoms with Crippen LogP contribution < -0.4 is 10.6 Å². The van der Waals surface area contributed by atoms with E-state index in [2.05, 4.69) is 20.4 Å². The first-order valence-electron chi connectivity index (χ1n) is 14.0. The number of alkyl halides is 5. The smallest absolute Gasteiger partial charge is 0.410 e. The number of fused-ring (bicyclic) bond motifs is 1. The van der Waals surface area contributed by atoms with Gasteiger partial charge >= 0.3 is 12.2 Å². The van der Waals surface area contributed by atoms with Crippen LogP contribution in [0.1, 0.15) is 78.7 Å². The lowest BCUT2D eigenvalue weighted by Gasteiger charge is -2.32. The molecule has 43 heavy (non-hydrogen) atoms. The minimum atomic E-state index is -4.61. The standard InChI is InChI=1S/C27H30F5N7O4/c1-42-12-18(38-11-20(27(30,31)32)36-25(38)41)15-2-5-19-17(10-15)35-24(43-19)21(14-6-8-26(28,29)9-7-14)37-23(40)22-33-13-34-39(22)16-3-4-16/h2,5,10,13-14,16,18,20-21H,3-4,6-9,11-12H2,1H3,(H,36,41)(H,37,40). The Bertz CT molecular complexity index is 1490. The van der Waals surface area contributed by atoms with Gasteiger partial charge < -0.3 is 24.7 Å². The number of aromatic nitrogens is 4. The van der Waals surface area contributed by atoms with Crippen LogP contribution in [0.4, 0.5) is 26.7 Å². The third-order valence-electron chi connectivity index (χ3n) is 8.30. The summed E-state index contributed by atoms with van der Waals surface area (Å²) in [5.74, 6) is -3.52. The number of carbonyl (C=O) groups is 2. The molecule has 3 aromatic rings. The maximum Gasteiger partial charge on any atom is 0.410 e. The van der Waals surface area contributed by atoms with Crippen molar-refractivity contribution in [2.75, 3.05) is 20.3 Å². The summed E-state index contributed by atoms with van der Waals surface area (Å²) >= 11 is 0. The monoisotopic (exact) mass is 611 g/mol. The van der Waals surface area contributed by atoms with E-state index < -0.39 is 54.6 Å². The van der Waals surface area contributed by atoms with Crippen molar-refractivity contribution in [3.8, 4) is 0 Å². The lowest BCUT2D eigenvalue weighted by atomic mass is 9.82. The fourth-order valence-electron chi connectivity index (χ4n) is 5.82. The van der Waals surface area contributed by atoms with Gasteiger partial charge in [-0.05, 0) is 49.3 Å². The molecule has 3 atom stereocenters. The van der Waals surface area contributed by atoms with Crippen molar-refractivity contribution in [3.05, 3.63) is 41.8 Å². The zero-order valence-electron chi connectivity index (χ0n) is 23.1. The number of halogens is 5. The number of ether oxygens (including phenoxy) is 1. The van der Waals surface area contributed by atoms with Crippen molar-refractivity contribution in [1.29, 1.82) is 0 Å². The molecule has 0 bridgehead atoms. The Balaban J connectivity index is 1.29. The zero-order chi connectivity index (χ0) is 30.5. The van der Waals surface area contributed by atoms with Gasteiger partial charge in [-0.2, -0.15) is 18.3 Å². The molecule has 2 aromatic heterocycles. The number of rotatable bonds is 9. The van der Waals surface area contributed by atoms with Gasteiger partial charge in [0.05, 0.1) is 25.2 Å². The summed E-state index contributed by atoms with van der Waals surface area (Å²) in [6.45, 7) is -0.671. The van der Waals surface area contributed by atoms with Crippen LogP contribution in [-0.4, -0.2) is 75.0 Å². The second-order valence-corrected chi connectivity index (χ2v) is 11.4. The number of urea groups is 1. The van der Waals surface area contributed by atoms with Crippen LogP contribution in [-0.2, 0) is 4.74 Å². The molecule has 3 aliphatic rings. The van der Waals surface area contributed by atoms with Gasteiger partial charge in [-0.3, -0.25) is 4.79 Å². The predicted molar refractivity (Wildman–Crippen MR) is 139 cm³/mol. The van der Waals surface area contributed by atoms with Crippen LogP contribution >= 0.6 is 0 Å². The normalized spacial score (nSPS) is 22.5. The first-order chi connectivity index (χ1) is 20.4. The fraction of sp³-hybridized carbons (Fsp3) is 0.593. The molecule has 3 fully saturated rings. The van der Waals surface area contributed by atoms with Crippen LogP contribution in [0.25, 0.3) is 11.1 Å². The summed E-state index contributed by atoms with van der Waals surface area (Å²) in [6, 6.07) is 0.237. The second kappa shape index (κ2) is 11.0. The molecule has 0 spiro atoms. The number of methoxy groups -OCH3 is 1. The SMILES string of the molecule is COCC(c1ccc2oc(C(NC(=O)c3ncnn3C3CC3)C3CCC(F)(F)CC3)nc2c1)N1CC(C(F)(F)F)NC1=O. The Morgan fingerprint density at radius 1 is 1.23 bits per heavy atom. The summed E-state index contributed by atoms with van der Waals surface area (Å²) in [4.78, 5) is 35.6. The number of hydrogen-bond donors (Lipinski definition) is 2. The van der Waals surface area contributed by atoms with E-state index in [9.17, 15) is 31.5 Å². The Labute approximate surface area is 242 Å². The lowest BCUT2D eigenvalue weighted by molar-refractivity contribution is -0.150. The largest absolute Gasteiger partial charge is 0.438 e. The summed E-state index contributed by atoms with van der Waals surface area (Å²) in [5.41, 5.74) is 1.10. The number of oxazole rings is 1. The van der Waals surface area contributed by atoms with Crippen molar-refractivity contribution in [3.63, 3.8) is 0 Å². The Morgan fingerprint density at radius 2 is 1.98 bits per heavy atom. The molecule has 0 radical (unpaired) electrons. The number of nitrogens with one attached hydrogen (secondary N) is 2. The van der Waals surface area contributed by atoms with Crippen LogP contribution in [0, 0.1) is 5.92 Å². The minimum Gasteiger partial charge on any atom is -0.438 e. The molecular weight excluding hydrogens is 581 g/mol. The molecule has 3 heterocycles. The average Bonchev–Trinajstić information content (AvgIpc) is 3.33. The number of amides is 3. The van der Waals surface area contributed by atoms with E-state index in [1.165, 1.54) is 13.4 Å². The number of carbonyl (C=O) groups excluding carboxylic acids is 2. The summed E-state index contributed by atoms with van der Waals surface area (Å²) < 4.78 is 80.8. The van der Waals surface area contributed by atoms with Crippen molar-refractivity contribution in [2.45, 2.75) is 74.8 Å². The summed E-state index contributed by atoms with van der Waals surface area (Å²) in [7, 11) is 1.37. The lowest BCUT2D eigenvalue weighted by Crippen LogP contribution is -2.40. The van der Waals surface area contributed by atoms with Gasteiger partial charge in [0.1, 0.15) is 23.9 Å². The molecule has 3 amide bonds. The van der Waals surface area contributed by atoms with Gasteiger partial charge in [0.15, 0.2) is 5.58 Å². The van der Waals surface area contributed by atoms with Crippen molar-refractivity contribution in [1.82, 2.24) is 35.3 Å². The van der Waals surface area contributed by atoms with E-state index in [1.54, 1.807) is 22.9 Å². The van der Waals surface area contributed by atoms with Crippen LogP contribution in [0.5, 0.6) is 0 Å². The third kappa shape index (κ3) is 6.01. The molecule has 3 unspecified atom stereocenters. The highest BCUT2D eigenvalue weighted by Crippen LogP contribution is 2.42. The molecule has 1 aliphatic heterocycles. The third-order valence-corrected chi connectivity index (χ3v) is 8.30. The highest BCUT2D eigenvalue weighted by molar-refractivity contribution is 5.91. The Morgan fingerprint density at radius 3 is 2.63 bits per heavy atom. The molecule has 232 valence electrons. The number of nitrogens with zero attached hydrogens (tertiary/aromatic N) is 5. The molecule has 1 saturated heterocycles. The van der Waals surface area contributed by atoms with Gasteiger partial charge in [-0.15, -0.1) is 0 Å². The number of benzene rings is 1. The van der Waals surface area contributed by atoms with Crippen LogP contribution in [0.3, 0.4) is 0 Å². The second-order valence-electron chi connectivity index (χ2n) is 11.4. The van der Waals surface area contributed by atoms with Crippen LogP contribution in [0.15, 0.2) is 28.9 Å². The minimum absolute atomic E-state index is 0.0785. The first-order valence-corrected chi connectivity index (χ1v) is 14.0. The maximum atomic E-state index is 14.0. The summed E-state index contributed by atoms with van der Waals surface area (Å²) in [5, 5.41) is 9.00. The summed E-state index contributed by atoms with van der Waals surface area (Å²) in [6.07, 6.45) is -2.02. The molecule has 6 rings (SSSR count). The number of hydrogen-bond acceptors (Lipinski definition) is 7. The van der Waals surface area contributed by atoms with E-state index >= 15 is 0 Å². The predicted octanol–water partition coefficient (Wildman–Crippen LogP) is 4.69. The zero-order valence-corrected chi connectivity index (χ0v) is 23.1. The maximum absolute atomic E-state index is 14.0. The van der Waals surface area contributed by atoms with Gasteiger partial charge in [-0.1, -0.05) is 6.07 Å². The quantitative estimate of drug-likeness (QED) is 0.336. The van der Waals surface area contributed by atoms with Gasteiger partial charge in [-0.25, -0.2) is 28.2 Å². The van der Waals surface area contributed by atoms with Crippen molar-refractivity contribution in [2.24, 2.45) is 5.92 Å². The molecule has 2 saturated carbocycles. The molecular formula is C27H30F5N7O4. The molecule has 11 nitrogen and oxygen atoms in total. The Hall–Kier alpha value is -3.82. The van der Waals surface area contributed by atoms with Crippen molar-refractivity contribution >= 4 is 23.0 Å². The highest BCUT2D eigenvalue weighted by atomic mass is 19.4. The Kier molecular flexibility index (Phi) is 7.50. The van der Waals surface area contributed by atoms with E-state index in [4.69, 9.17) is 9.15 Å². The van der Waals surface area contributed by atoms with E-state index in [-0.39, 0.29) is 50.0 Å². The van der Waals surface area contributed by atoms with Gasteiger partial charge in [0.2, 0.25) is 17.6 Å². The molecule has 1 aromatic carbocycles. The highest BCUT2D eigenvalue weighted by Gasteiger charge is 2.48. The van der Waals surface area contributed by atoms with Crippen LogP contribution in [0.2, 0.25) is 0 Å². The fourth-order valence-corrected chi connectivity index (χ4v) is 5.82. The molecule has 2 aliphatic carbocycles. The van der Waals surface area contributed by atoms with E-state index in [1.807, 2.05) is 5.32 Å². The topological polar surface area (TPSA) is 127 Å². The van der Waals surface area contributed by atoms with Crippen molar-refractivity contribution < 1.29 is 40.7 Å². The van der Waals surface area contributed by atoms with E-state index in [0.717, 1.165) is 17.7 Å². The van der Waals surface area contributed by atoms with Gasteiger partial charge in [0.25, 0.3) is 5.91 Å². The first kappa shape index (κ1) is 29.3. The average molecular weight is 612 g/mol.